The number of halogens is 2. The van der Waals surface area contributed by atoms with Crippen molar-refractivity contribution in [2.75, 3.05) is 10.6 Å². The number of carboxylic acids is 1. The van der Waals surface area contributed by atoms with Crippen molar-refractivity contribution in [3.63, 3.8) is 0 Å². The number of carboxylic acid groups (broad SMARTS) is 1. The highest BCUT2D eigenvalue weighted by Gasteiger charge is 2.16. The maximum absolute atomic E-state index is 12.6. The lowest BCUT2D eigenvalue weighted by molar-refractivity contribution is -0.138. The van der Waals surface area contributed by atoms with E-state index in [1.165, 1.54) is 0 Å². The summed E-state index contributed by atoms with van der Waals surface area (Å²) in [6.45, 7) is 3.73. The number of rotatable bonds is 8. The van der Waals surface area contributed by atoms with E-state index in [1.807, 2.05) is 6.07 Å². The summed E-state index contributed by atoms with van der Waals surface area (Å²) >= 11 is 12.2. The molecule has 0 radical (unpaired) electrons. The Bertz CT molecular complexity index is 1110. The molecule has 3 N–H and O–H groups in total. The molecule has 0 fully saturated rings. The van der Waals surface area contributed by atoms with Gasteiger partial charge in [0, 0.05) is 6.07 Å². The number of nitrogens with one attached hydrogen (secondary N) is 2. The minimum atomic E-state index is -0.891. The smallest absolute Gasteiger partial charge is 0.324 e. The summed E-state index contributed by atoms with van der Waals surface area (Å²) in [7, 11) is 0. The Hall–Kier alpha value is -3.03. The van der Waals surface area contributed by atoms with Crippen LogP contribution in [0, 0.1) is 0 Å². The van der Waals surface area contributed by atoms with Gasteiger partial charge in [0.25, 0.3) is 0 Å². The number of hydrogen-bond donors (Lipinski definition) is 3. The zero-order valence-corrected chi connectivity index (χ0v) is 19.2. The van der Waals surface area contributed by atoms with Crippen molar-refractivity contribution in [3.05, 3.63) is 69.8 Å². The van der Waals surface area contributed by atoms with Crippen LogP contribution in [0.25, 0.3) is 5.69 Å². The normalized spacial score (nSPS) is 11.8. The summed E-state index contributed by atoms with van der Waals surface area (Å²) < 4.78 is 1.62. The number of carbonyl (C=O) groups excluding carboxylic acids is 1. The van der Waals surface area contributed by atoms with Crippen LogP contribution in [0.3, 0.4) is 0 Å². The minimum Gasteiger partial charge on any atom is -0.481 e. The molecule has 1 aromatic heterocycles. The van der Waals surface area contributed by atoms with E-state index in [-0.39, 0.29) is 5.02 Å². The van der Waals surface area contributed by atoms with Crippen molar-refractivity contribution in [1.82, 2.24) is 9.78 Å². The number of anilines is 2. The Morgan fingerprint density at radius 2 is 1.84 bits per heavy atom. The van der Waals surface area contributed by atoms with Gasteiger partial charge in [0.05, 0.1) is 33.0 Å². The van der Waals surface area contributed by atoms with E-state index in [1.54, 1.807) is 54.1 Å². The topological polar surface area (TPSA) is 96.2 Å². The highest BCUT2D eigenvalue weighted by atomic mass is 35.5. The van der Waals surface area contributed by atoms with Crippen LogP contribution in [0.4, 0.5) is 16.3 Å². The molecule has 0 saturated heterocycles. The molecule has 3 rings (SSSR count). The standard InChI is InChI=1S/C23H24Cl2N4O3/c1-3-4-6-16-13-20(27-23(32)26-19-8-5-7-18(24)21(19)25)29(28-16)17-11-9-15(10-12-17)14(2)22(30)31/h5,7-14H,3-4,6H2,1-2H3,(H,30,31)(H2,26,27,32). The van der Waals surface area contributed by atoms with Crippen molar-refractivity contribution in [1.29, 1.82) is 0 Å². The molecule has 0 aliphatic heterocycles. The minimum absolute atomic E-state index is 0.254. The lowest BCUT2D eigenvalue weighted by Gasteiger charge is -2.12. The van der Waals surface area contributed by atoms with Crippen molar-refractivity contribution >= 4 is 46.7 Å². The molecule has 0 aliphatic carbocycles. The van der Waals surface area contributed by atoms with Crippen LogP contribution in [-0.4, -0.2) is 26.9 Å². The molecule has 3 aromatic rings. The third-order valence-electron chi connectivity index (χ3n) is 5.00. The molecular formula is C23H24Cl2N4O3. The fourth-order valence-electron chi connectivity index (χ4n) is 3.11. The lowest BCUT2D eigenvalue weighted by atomic mass is 10.0. The summed E-state index contributed by atoms with van der Waals surface area (Å²) in [5, 5.41) is 19.9. The maximum atomic E-state index is 12.6. The van der Waals surface area contributed by atoms with Gasteiger partial charge in [-0.15, -0.1) is 0 Å². The Labute approximate surface area is 196 Å². The summed E-state index contributed by atoms with van der Waals surface area (Å²) in [6, 6.07) is 13.4. The second-order valence-corrected chi connectivity index (χ2v) is 8.15. The van der Waals surface area contributed by atoms with Gasteiger partial charge >= 0.3 is 12.0 Å². The summed E-state index contributed by atoms with van der Waals surface area (Å²) in [4.78, 5) is 23.9. The van der Waals surface area contributed by atoms with Gasteiger partial charge in [0.1, 0.15) is 5.82 Å². The first-order chi connectivity index (χ1) is 15.3. The van der Waals surface area contributed by atoms with Gasteiger partial charge in [0.15, 0.2) is 0 Å². The molecule has 9 heteroatoms. The fraction of sp³-hybridized carbons (Fsp3) is 0.261. The van der Waals surface area contributed by atoms with Gasteiger partial charge in [-0.25, -0.2) is 9.48 Å². The summed E-state index contributed by atoms with van der Waals surface area (Å²) in [6.07, 6.45) is 2.76. The second kappa shape index (κ2) is 10.5. The molecule has 1 heterocycles. The molecular weight excluding hydrogens is 451 g/mol. The lowest BCUT2D eigenvalue weighted by Crippen LogP contribution is -2.21. The van der Waals surface area contributed by atoms with E-state index in [0.29, 0.717) is 27.8 Å². The van der Waals surface area contributed by atoms with E-state index >= 15 is 0 Å². The fourth-order valence-corrected chi connectivity index (χ4v) is 3.46. The Morgan fingerprint density at radius 1 is 1.12 bits per heavy atom. The molecule has 1 unspecified atom stereocenters. The number of benzene rings is 2. The van der Waals surface area contributed by atoms with E-state index in [0.717, 1.165) is 25.0 Å². The Morgan fingerprint density at radius 3 is 2.50 bits per heavy atom. The van der Waals surface area contributed by atoms with Crippen LogP contribution < -0.4 is 10.6 Å². The Kier molecular flexibility index (Phi) is 7.77. The summed E-state index contributed by atoms with van der Waals surface area (Å²) in [5.74, 6) is -1.03. The monoisotopic (exact) mass is 474 g/mol. The number of amides is 2. The molecule has 0 bridgehead atoms. The van der Waals surface area contributed by atoms with Gasteiger partial charge in [-0.2, -0.15) is 5.10 Å². The molecule has 32 heavy (non-hydrogen) atoms. The number of unbranched alkanes of at least 4 members (excludes halogenated alkanes) is 1. The van der Waals surface area contributed by atoms with E-state index in [9.17, 15) is 14.7 Å². The van der Waals surface area contributed by atoms with Gasteiger partial charge in [-0.05, 0) is 49.6 Å². The third kappa shape index (κ3) is 5.60. The van der Waals surface area contributed by atoms with Crippen molar-refractivity contribution in [3.8, 4) is 5.69 Å². The number of urea groups is 1. The zero-order chi connectivity index (χ0) is 23.3. The van der Waals surface area contributed by atoms with Crippen LogP contribution >= 0.6 is 23.2 Å². The SMILES string of the molecule is CCCCc1cc(NC(=O)Nc2cccc(Cl)c2Cl)n(-c2ccc(C(C)C(=O)O)cc2)n1. The van der Waals surface area contributed by atoms with Gasteiger partial charge < -0.3 is 10.4 Å². The number of hydrogen-bond acceptors (Lipinski definition) is 3. The molecule has 0 spiro atoms. The van der Waals surface area contributed by atoms with Crippen LogP contribution in [-0.2, 0) is 11.2 Å². The van der Waals surface area contributed by atoms with Crippen LogP contribution in [0.5, 0.6) is 0 Å². The quantitative estimate of drug-likeness (QED) is 0.354. The number of carbonyl (C=O) groups is 2. The van der Waals surface area contributed by atoms with E-state index in [4.69, 9.17) is 23.2 Å². The third-order valence-corrected chi connectivity index (χ3v) is 5.81. The van der Waals surface area contributed by atoms with Crippen molar-refractivity contribution in [2.24, 2.45) is 0 Å². The highest BCUT2D eigenvalue weighted by Crippen LogP contribution is 2.30. The molecule has 0 aliphatic rings. The van der Waals surface area contributed by atoms with Crippen LogP contribution in [0.15, 0.2) is 48.5 Å². The van der Waals surface area contributed by atoms with Crippen molar-refractivity contribution in [2.45, 2.75) is 39.0 Å². The average Bonchev–Trinajstić information content (AvgIpc) is 3.17. The number of aliphatic carboxylic acids is 1. The highest BCUT2D eigenvalue weighted by molar-refractivity contribution is 6.44. The van der Waals surface area contributed by atoms with Gasteiger partial charge in [-0.1, -0.05) is 54.7 Å². The van der Waals surface area contributed by atoms with Crippen LogP contribution in [0.1, 0.15) is 43.9 Å². The van der Waals surface area contributed by atoms with Gasteiger partial charge in [0.2, 0.25) is 0 Å². The number of aryl methyl sites for hydroxylation is 1. The number of aromatic nitrogens is 2. The first-order valence-electron chi connectivity index (χ1n) is 10.2. The van der Waals surface area contributed by atoms with E-state index in [2.05, 4.69) is 22.7 Å². The molecule has 1 atom stereocenters. The predicted molar refractivity (Wildman–Crippen MR) is 127 cm³/mol. The molecule has 168 valence electrons. The second-order valence-electron chi connectivity index (χ2n) is 7.37. The molecule has 2 aromatic carbocycles. The summed E-state index contributed by atoms with van der Waals surface area (Å²) in [5.41, 5.74) is 2.61. The van der Waals surface area contributed by atoms with E-state index < -0.39 is 17.9 Å². The molecule has 0 saturated carbocycles. The largest absolute Gasteiger partial charge is 0.481 e. The molecule has 2 amide bonds. The first-order valence-corrected chi connectivity index (χ1v) is 11.0. The van der Waals surface area contributed by atoms with Crippen molar-refractivity contribution < 1.29 is 14.7 Å². The Balaban J connectivity index is 1.86. The predicted octanol–water partition coefficient (Wildman–Crippen LogP) is 6.35. The first kappa shape index (κ1) is 23.6. The number of nitrogens with zero attached hydrogens (tertiary/aromatic N) is 2. The molecule has 7 nitrogen and oxygen atoms in total. The zero-order valence-electron chi connectivity index (χ0n) is 17.7. The average molecular weight is 475 g/mol. The van der Waals surface area contributed by atoms with Crippen LogP contribution in [0.2, 0.25) is 10.0 Å². The maximum Gasteiger partial charge on any atom is 0.324 e. The van der Waals surface area contributed by atoms with Gasteiger partial charge in [-0.3, -0.25) is 10.1 Å².